The Morgan fingerprint density at radius 1 is 1.52 bits per heavy atom. The molecule has 0 bridgehead atoms. The second-order valence-corrected chi connectivity index (χ2v) is 6.95. The summed E-state index contributed by atoms with van der Waals surface area (Å²) in [6.07, 6.45) is 4.55. The third kappa shape index (κ3) is 2.39. The number of carboxylic acid groups (broad SMARTS) is 1. The SMILES string of the molecule is O=CN[C@@H]1C(=O)N2C(C(=O)[O-])=C(Cc3c[nH][n+]4ccccc34)CS[C@H]12. The molecule has 0 radical (unpaired) electrons. The van der Waals surface area contributed by atoms with E-state index in [4.69, 9.17) is 0 Å². The fraction of sp³-hybridized carbons (Fsp3) is 0.250. The summed E-state index contributed by atoms with van der Waals surface area (Å²) in [7, 11) is 0. The van der Waals surface area contributed by atoms with Gasteiger partial charge in [-0.3, -0.25) is 14.5 Å². The van der Waals surface area contributed by atoms with E-state index in [2.05, 4.69) is 10.4 Å². The second-order valence-electron chi connectivity index (χ2n) is 5.84. The first kappa shape index (κ1) is 15.7. The van der Waals surface area contributed by atoms with E-state index in [0.29, 0.717) is 24.2 Å². The number of rotatable bonds is 5. The second kappa shape index (κ2) is 5.92. The van der Waals surface area contributed by atoms with E-state index in [9.17, 15) is 19.5 Å². The third-order valence-corrected chi connectivity index (χ3v) is 5.80. The molecule has 8 nitrogen and oxygen atoms in total. The molecule has 2 aliphatic rings. The highest BCUT2D eigenvalue weighted by molar-refractivity contribution is 8.00. The number of carbonyl (C=O) groups is 3. The maximum atomic E-state index is 12.2. The molecular weight excluding hydrogens is 344 g/mol. The first-order valence-corrected chi connectivity index (χ1v) is 8.71. The molecule has 128 valence electrons. The van der Waals surface area contributed by atoms with Crippen LogP contribution in [0.2, 0.25) is 0 Å². The Kier molecular flexibility index (Phi) is 3.72. The number of aromatic nitrogens is 2. The zero-order valence-corrected chi connectivity index (χ0v) is 13.8. The summed E-state index contributed by atoms with van der Waals surface area (Å²) in [5, 5.41) is 16.8. The van der Waals surface area contributed by atoms with Crippen molar-refractivity contribution < 1.29 is 24.0 Å². The Balaban J connectivity index is 1.69. The minimum atomic E-state index is -1.37. The van der Waals surface area contributed by atoms with Crippen molar-refractivity contribution in [3.8, 4) is 0 Å². The third-order valence-electron chi connectivity index (χ3n) is 4.46. The standard InChI is InChI=1S/C16H14N4O4S/c21-8-17-12-14(22)20-13(16(23)24)10(7-25-15(12)20)5-9-6-18-19-4-2-1-3-11(9)19/h1-4,6,8,12,15H,5,7H2,(H2,17,21,23,24)/t12-,15-/m1/s1. The molecule has 4 rings (SSSR count). The molecule has 1 saturated heterocycles. The van der Waals surface area contributed by atoms with Crippen molar-refractivity contribution >= 4 is 35.6 Å². The lowest BCUT2D eigenvalue weighted by atomic mass is 9.99. The number of carbonyl (C=O) groups excluding carboxylic acids is 3. The first-order valence-electron chi connectivity index (χ1n) is 7.66. The summed E-state index contributed by atoms with van der Waals surface area (Å²) in [6.45, 7) is 0. The number of pyridine rings is 1. The predicted molar refractivity (Wildman–Crippen MR) is 85.8 cm³/mol. The molecule has 0 unspecified atom stereocenters. The number of H-pyrrole nitrogens is 1. The van der Waals surface area contributed by atoms with E-state index >= 15 is 0 Å². The maximum Gasteiger partial charge on any atom is 0.253 e. The Bertz CT molecular complexity index is 922. The van der Waals surface area contributed by atoms with Crippen LogP contribution in [-0.2, 0) is 20.8 Å². The van der Waals surface area contributed by atoms with E-state index in [1.807, 2.05) is 35.1 Å². The van der Waals surface area contributed by atoms with Gasteiger partial charge < -0.3 is 15.2 Å². The Labute approximate surface area is 146 Å². The average molecular weight is 358 g/mol. The van der Waals surface area contributed by atoms with E-state index in [1.165, 1.54) is 16.7 Å². The van der Waals surface area contributed by atoms with Gasteiger partial charge >= 0.3 is 0 Å². The number of hydrogen-bond acceptors (Lipinski definition) is 5. The summed E-state index contributed by atoms with van der Waals surface area (Å²) in [4.78, 5) is 35.7. The van der Waals surface area contributed by atoms with Gasteiger partial charge in [-0.1, -0.05) is 4.52 Å². The summed E-state index contributed by atoms with van der Waals surface area (Å²) in [6, 6.07) is 5.05. The predicted octanol–water partition coefficient (Wildman–Crippen LogP) is -1.67. The van der Waals surface area contributed by atoms with Crippen molar-refractivity contribution in [1.29, 1.82) is 0 Å². The molecule has 2 atom stereocenters. The molecule has 2 aromatic rings. The highest BCUT2D eigenvalue weighted by Crippen LogP contribution is 2.40. The highest BCUT2D eigenvalue weighted by Gasteiger charge is 2.52. The molecule has 25 heavy (non-hydrogen) atoms. The minimum absolute atomic E-state index is 0.0759. The number of fused-ring (bicyclic) bond motifs is 2. The zero-order chi connectivity index (χ0) is 17.6. The number of amides is 2. The van der Waals surface area contributed by atoms with Gasteiger partial charge in [-0.2, -0.15) is 5.10 Å². The van der Waals surface area contributed by atoms with Crippen LogP contribution in [0.5, 0.6) is 0 Å². The van der Waals surface area contributed by atoms with Gasteiger partial charge in [0.2, 0.25) is 11.9 Å². The molecule has 2 amide bonds. The van der Waals surface area contributed by atoms with Crippen LogP contribution in [0.15, 0.2) is 41.9 Å². The van der Waals surface area contributed by atoms with Gasteiger partial charge in [0.1, 0.15) is 11.4 Å². The fourth-order valence-corrected chi connectivity index (χ4v) is 4.67. The number of aromatic amines is 1. The smallest absolute Gasteiger partial charge is 0.253 e. The highest BCUT2D eigenvalue weighted by atomic mass is 32.2. The van der Waals surface area contributed by atoms with Crippen LogP contribution in [0.1, 0.15) is 5.56 Å². The van der Waals surface area contributed by atoms with E-state index in [0.717, 1.165) is 11.1 Å². The molecule has 9 heteroatoms. The molecule has 2 N–H and O–H groups in total. The molecule has 2 aliphatic heterocycles. The van der Waals surface area contributed by atoms with Gasteiger partial charge in [-0.25, -0.2) is 0 Å². The van der Waals surface area contributed by atoms with Crippen molar-refractivity contribution in [3.05, 3.63) is 47.4 Å². The lowest BCUT2D eigenvalue weighted by Crippen LogP contribution is -2.70. The largest absolute Gasteiger partial charge is 0.543 e. The zero-order valence-electron chi connectivity index (χ0n) is 13.0. The molecule has 0 aromatic carbocycles. The number of β-lactam (4-membered cyclic amide) rings is 1. The monoisotopic (exact) mass is 358 g/mol. The molecule has 1 fully saturated rings. The Morgan fingerprint density at radius 3 is 3.12 bits per heavy atom. The number of nitrogens with one attached hydrogen (secondary N) is 2. The topological polar surface area (TPSA) is 109 Å². The number of nitrogens with zero attached hydrogens (tertiary/aromatic N) is 2. The molecule has 4 heterocycles. The van der Waals surface area contributed by atoms with Crippen LogP contribution < -0.4 is 14.9 Å². The van der Waals surface area contributed by atoms with Crippen molar-refractivity contribution in [1.82, 2.24) is 15.3 Å². The van der Waals surface area contributed by atoms with Gasteiger partial charge in [-0.15, -0.1) is 11.8 Å². The van der Waals surface area contributed by atoms with E-state index < -0.39 is 23.3 Å². The maximum absolute atomic E-state index is 12.2. The lowest BCUT2D eigenvalue weighted by molar-refractivity contribution is -0.576. The van der Waals surface area contributed by atoms with Gasteiger partial charge in [0, 0.05) is 24.3 Å². The molecule has 0 saturated carbocycles. The van der Waals surface area contributed by atoms with Crippen molar-refractivity contribution in [2.45, 2.75) is 17.8 Å². The molecule has 0 aliphatic carbocycles. The number of thioether (sulfide) groups is 1. The van der Waals surface area contributed by atoms with Crippen molar-refractivity contribution in [2.24, 2.45) is 0 Å². The van der Waals surface area contributed by atoms with Crippen LogP contribution >= 0.6 is 11.8 Å². The molecular formula is C16H14N4O4S. The van der Waals surface area contributed by atoms with Crippen molar-refractivity contribution in [3.63, 3.8) is 0 Å². The molecule has 2 aromatic heterocycles. The quantitative estimate of drug-likeness (QED) is 0.377. The first-order chi connectivity index (χ1) is 12.1. The number of carboxylic acids is 1. The normalized spacial score (nSPS) is 22.6. The van der Waals surface area contributed by atoms with Crippen LogP contribution in [0.25, 0.3) is 5.52 Å². The molecule has 0 spiro atoms. The fourth-order valence-electron chi connectivity index (χ4n) is 3.31. The number of hydrogen-bond donors (Lipinski definition) is 2. The lowest BCUT2D eigenvalue weighted by Gasteiger charge is -2.50. The van der Waals surface area contributed by atoms with Crippen molar-refractivity contribution in [2.75, 3.05) is 5.75 Å². The number of aliphatic carboxylic acids is 1. The summed E-state index contributed by atoms with van der Waals surface area (Å²) < 4.78 is 1.84. The van der Waals surface area contributed by atoms with Crippen LogP contribution in [-0.4, -0.2) is 45.5 Å². The van der Waals surface area contributed by atoms with Crippen LogP contribution in [0, 0.1) is 0 Å². The van der Waals surface area contributed by atoms with Gasteiger partial charge in [0.15, 0.2) is 6.20 Å². The Hall–Kier alpha value is -2.81. The van der Waals surface area contributed by atoms with Crippen LogP contribution in [0.4, 0.5) is 0 Å². The van der Waals surface area contributed by atoms with Crippen LogP contribution in [0.3, 0.4) is 0 Å². The summed E-state index contributed by atoms with van der Waals surface area (Å²) in [5.74, 6) is -1.33. The average Bonchev–Trinajstić information content (AvgIpc) is 3.02. The van der Waals surface area contributed by atoms with E-state index in [-0.39, 0.29) is 5.70 Å². The summed E-state index contributed by atoms with van der Waals surface area (Å²) in [5.41, 5.74) is 2.43. The van der Waals surface area contributed by atoms with E-state index in [1.54, 1.807) is 0 Å². The minimum Gasteiger partial charge on any atom is -0.543 e. The Morgan fingerprint density at radius 2 is 2.36 bits per heavy atom. The summed E-state index contributed by atoms with van der Waals surface area (Å²) >= 11 is 1.44. The van der Waals surface area contributed by atoms with Gasteiger partial charge in [0.25, 0.3) is 5.91 Å². The van der Waals surface area contributed by atoms with Gasteiger partial charge in [-0.05, 0) is 11.6 Å². The van der Waals surface area contributed by atoms with Gasteiger partial charge in [0.05, 0.1) is 23.4 Å².